The topological polar surface area (TPSA) is 49.3 Å². The summed E-state index contributed by atoms with van der Waals surface area (Å²) in [7, 11) is 0. The van der Waals surface area contributed by atoms with E-state index < -0.39 is 5.97 Å². The van der Waals surface area contributed by atoms with E-state index in [4.69, 9.17) is 5.11 Å². The molecule has 0 saturated carbocycles. The Labute approximate surface area is 91.3 Å². The molecule has 14 heavy (non-hydrogen) atoms. The third kappa shape index (κ3) is 3.03. The number of carboxylic acid groups (broad SMARTS) is 1. The van der Waals surface area contributed by atoms with Crippen LogP contribution in [-0.4, -0.2) is 17.6 Å². The zero-order chi connectivity index (χ0) is 10.6. The van der Waals surface area contributed by atoms with Crippen molar-refractivity contribution in [2.75, 3.05) is 11.9 Å². The van der Waals surface area contributed by atoms with Crippen molar-refractivity contribution in [2.24, 2.45) is 0 Å². The highest BCUT2D eigenvalue weighted by atomic mass is 79.9. The molecule has 1 aromatic rings. The average molecular weight is 258 g/mol. The molecule has 76 valence electrons. The zero-order valence-corrected chi connectivity index (χ0v) is 9.47. The Balaban J connectivity index is 2.59. The maximum Gasteiger partial charge on any atom is 0.305 e. The van der Waals surface area contributed by atoms with Crippen LogP contribution in [0.3, 0.4) is 0 Å². The van der Waals surface area contributed by atoms with Gasteiger partial charge in [-0.25, -0.2) is 0 Å². The molecule has 0 atom stereocenters. The molecule has 4 heteroatoms. The van der Waals surface area contributed by atoms with Crippen molar-refractivity contribution in [3.8, 4) is 0 Å². The molecule has 1 aromatic carbocycles. The van der Waals surface area contributed by atoms with Crippen LogP contribution in [0.5, 0.6) is 0 Å². The van der Waals surface area contributed by atoms with E-state index in [2.05, 4.69) is 21.2 Å². The number of nitrogens with one attached hydrogen (secondary N) is 1. The van der Waals surface area contributed by atoms with Crippen molar-refractivity contribution >= 4 is 27.6 Å². The molecule has 0 unspecified atom stereocenters. The van der Waals surface area contributed by atoms with Gasteiger partial charge >= 0.3 is 5.97 Å². The number of aliphatic carboxylic acids is 1. The normalized spacial score (nSPS) is 9.86. The molecular weight excluding hydrogens is 246 g/mol. The number of carboxylic acids is 1. The lowest BCUT2D eigenvalue weighted by atomic mass is 10.2. The molecule has 0 heterocycles. The highest BCUT2D eigenvalue weighted by Crippen LogP contribution is 2.23. The van der Waals surface area contributed by atoms with E-state index in [9.17, 15) is 4.79 Å². The Morgan fingerprint density at radius 1 is 1.57 bits per heavy atom. The molecule has 0 aliphatic rings. The summed E-state index contributed by atoms with van der Waals surface area (Å²) in [4.78, 5) is 10.3. The fourth-order valence-electron chi connectivity index (χ4n) is 1.10. The SMILES string of the molecule is Cc1c(Br)cccc1NCCC(=O)O. The van der Waals surface area contributed by atoms with Gasteiger partial charge in [0.05, 0.1) is 6.42 Å². The van der Waals surface area contributed by atoms with Gasteiger partial charge in [-0.05, 0) is 24.6 Å². The molecule has 0 spiro atoms. The Morgan fingerprint density at radius 3 is 2.93 bits per heavy atom. The molecule has 3 nitrogen and oxygen atoms in total. The highest BCUT2D eigenvalue weighted by molar-refractivity contribution is 9.10. The number of carbonyl (C=O) groups is 1. The summed E-state index contributed by atoms with van der Waals surface area (Å²) >= 11 is 3.41. The molecule has 0 aromatic heterocycles. The van der Waals surface area contributed by atoms with Crippen molar-refractivity contribution in [2.45, 2.75) is 13.3 Å². The maximum atomic E-state index is 10.3. The van der Waals surface area contributed by atoms with E-state index in [1.54, 1.807) is 0 Å². The van der Waals surface area contributed by atoms with Gasteiger partial charge in [-0.2, -0.15) is 0 Å². The zero-order valence-electron chi connectivity index (χ0n) is 7.88. The third-order valence-corrected chi connectivity index (χ3v) is 2.78. The van der Waals surface area contributed by atoms with Crippen molar-refractivity contribution < 1.29 is 9.90 Å². The van der Waals surface area contributed by atoms with E-state index in [0.29, 0.717) is 6.54 Å². The van der Waals surface area contributed by atoms with Crippen LogP contribution in [0.25, 0.3) is 0 Å². The summed E-state index contributed by atoms with van der Waals surface area (Å²) in [5.74, 6) is -0.787. The predicted molar refractivity (Wildman–Crippen MR) is 59.6 cm³/mol. The molecular formula is C10H12BrNO2. The van der Waals surface area contributed by atoms with Crippen molar-refractivity contribution in [1.82, 2.24) is 0 Å². The van der Waals surface area contributed by atoms with E-state index >= 15 is 0 Å². The van der Waals surface area contributed by atoms with Crippen molar-refractivity contribution in [3.63, 3.8) is 0 Å². The number of halogens is 1. The molecule has 0 radical (unpaired) electrons. The molecule has 0 saturated heterocycles. The van der Waals surface area contributed by atoms with Crippen LogP contribution in [0.15, 0.2) is 22.7 Å². The second-order valence-corrected chi connectivity index (χ2v) is 3.84. The van der Waals surface area contributed by atoms with Crippen molar-refractivity contribution in [1.29, 1.82) is 0 Å². The lowest BCUT2D eigenvalue weighted by molar-refractivity contribution is -0.136. The maximum absolute atomic E-state index is 10.3. The monoisotopic (exact) mass is 257 g/mol. The molecule has 0 amide bonds. The van der Waals surface area contributed by atoms with Crippen LogP contribution < -0.4 is 5.32 Å². The summed E-state index contributed by atoms with van der Waals surface area (Å²) in [5, 5.41) is 11.5. The number of hydrogen-bond donors (Lipinski definition) is 2. The van der Waals surface area contributed by atoms with Gasteiger partial charge in [0.1, 0.15) is 0 Å². The smallest absolute Gasteiger partial charge is 0.305 e. The fourth-order valence-corrected chi connectivity index (χ4v) is 1.47. The Bertz CT molecular complexity index is 339. The molecule has 0 aliphatic carbocycles. The van der Waals surface area contributed by atoms with E-state index in [-0.39, 0.29) is 6.42 Å². The first-order valence-electron chi connectivity index (χ1n) is 4.32. The number of rotatable bonds is 4. The quantitative estimate of drug-likeness (QED) is 0.872. The minimum atomic E-state index is -0.787. The van der Waals surface area contributed by atoms with Gasteiger partial charge in [0.15, 0.2) is 0 Å². The van der Waals surface area contributed by atoms with Crippen LogP contribution in [0.1, 0.15) is 12.0 Å². The van der Waals surface area contributed by atoms with Gasteiger partial charge in [0.25, 0.3) is 0 Å². The minimum Gasteiger partial charge on any atom is -0.481 e. The highest BCUT2D eigenvalue weighted by Gasteiger charge is 2.01. The van der Waals surface area contributed by atoms with Crippen LogP contribution >= 0.6 is 15.9 Å². The first-order chi connectivity index (χ1) is 6.61. The van der Waals surface area contributed by atoms with Gasteiger partial charge in [-0.1, -0.05) is 22.0 Å². The van der Waals surface area contributed by atoms with Crippen LogP contribution in [0.4, 0.5) is 5.69 Å². The summed E-state index contributed by atoms with van der Waals surface area (Å²) < 4.78 is 1.03. The molecule has 0 bridgehead atoms. The second kappa shape index (κ2) is 5.00. The lowest BCUT2D eigenvalue weighted by Gasteiger charge is -2.09. The Kier molecular flexibility index (Phi) is 3.95. The summed E-state index contributed by atoms with van der Waals surface area (Å²) in [6, 6.07) is 5.81. The van der Waals surface area contributed by atoms with Gasteiger partial charge in [0, 0.05) is 16.7 Å². The predicted octanol–water partition coefficient (Wildman–Crippen LogP) is 2.64. The Morgan fingerprint density at radius 2 is 2.29 bits per heavy atom. The van der Waals surface area contributed by atoms with Crippen LogP contribution in [-0.2, 0) is 4.79 Å². The summed E-state index contributed by atoms with van der Waals surface area (Å²) in [6.07, 6.45) is 0.131. The van der Waals surface area contributed by atoms with Crippen LogP contribution in [0, 0.1) is 6.92 Å². The number of anilines is 1. The summed E-state index contributed by atoms with van der Waals surface area (Å²) in [6.45, 7) is 2.43. The second-order valence-electron chi connectivity index (χ2n) is 2.98. The average Bonchev–Trinajstić information content (AvgIpc) is 2.12. The molecule has 0 fully saturated rings. The standard InChI is InChI=1S/C10H12BrNO2/c1-7-8(11)3-2-4-9(7)12-6-5-10(13)14/h2-4,12H,5-6H2,1H3,(H,13,14). The number of benzene rings is 1. The Hall–Kier alpha value is -1.03. The lowest BCUT2D eigenvalue weighted by Crippen LogP contribution is -2.08. The first-order valence-corrected chi connectivity index (χ1v) is 5.11. The van der Waals surface area contributed by atoms with Gasteiger partial charge < -0.3 is 10.4 Å². The van der Waals surface area contributed by atoms with E-state index in [0.717, 1.165) is 15.7 Å². The van der Waals surface area contributed by atoms with Gasteiger partial charge in [-0.3, -0.25) is 4.79 Å². The first kappa shape index (κ1) is 11.0. The third-order valence-electron chi connectivity index (χ3n) is 1.92. The molecule has 0 aliphatic heterocycles. The molecule has 2 N–H and O–H groups in total. The fraction of sp³-hybridized carbons (Fsp3) is 0.300. The van der Waals surface area contributed by atoms with E-state index in [1.807, 2.05) is 25.1 Å². The van der Waals surface area contributed by atoms with Crippen LogP contribution in [0.2, 0.25) is 0 Å². The number of hydrogen-bond acceptors (Lipinski definition) is 2. The van der Waals surface area contributed by atoms with Gasteiger partial charge in [0.2, 0.25) is 0 Å². The van der Waals surface area contributed by atoms with E-state index in [1.165, 1.54) is 0 Å². The van der Waals surface area contributed by atoms with Crippen molar-refractivity contribution in [3.05, 3.63) is 28.2 Å². The van der Waals surface area contributed by atoms with Gasteiger partial charge in [-0.15, -0.1) is 0 Å². The minimum absolute atomic E-state index is 0.131. The summed E-state index contributed by atoms with van der Waals surface area (Å²) in [5.41, 5.74) is 2.07. The molecule has 1 rings (SSSR count). The largest absolute Gasteiger partial charge is 0.481 e.